The average molecular weight is 395 g/mol. The fourth-order valence-electron chi connectivity index (χ4n) is 3.54. The molecule has 1 heterocycles. The van der Waals surface area contributed by atoms with Crippen LogP contribution in [-0.4, -0.2) is 43.0 Å². The molecule has 1 aliphatic rings. The van der Waals surface area contributed by atoms with Crippen LogP contribution in [0.4, 0.5) is 0 Å². The topological polar surface area (TPSA) is 55.8 Å². The molecule has 0 spiro atoms. The van der Waals surface area contributed by atoms with E-state index in [1.165, 1.54) is 0 Å². The van der Waals surface area contributed by atoms with Gasteiger partial charge >= 0.3 is 0 Å². The Bertz CT molecular complexity index is 825. The number of nitrogens with zero attached hydrogens (tertiary/aromatic N) is 1. The Morgan fingerprint density at radius 3 is 2.62 bits per heavy atom. The van der Waals surface area contributed by atoms with Gasteiger partial charge < -0.3 is 14.4 Å². The molecule has 0 aromatic heterocycles. The van der Waals surface area contributed by atoms with Crippen molar-refractivity contribution < 1.29 is 19.1 Å². The molecule has 2 aromatic rings. The predicted molar refractivity (Wildman–Crippen MR) is 112 cm³/mol. The van der Waals surface area contributed by atoms with Crippen molar-refractivity contribution in [1.82, 2.24) is 4.90 Å². The number of carbonyl (C=O) groups excluding carboxylic acids is 2. The van der Waals surface area contributed by atoms with E-state index in [-0.39, 0.29) is 30.6 Å². The summed E-state index contributed by atoms with van der Waals surface area (Å²) in [5.74, 6) is 0.738. The highest BCUT2D eigenvalue weighted by Crippen LogP contribution is 2.19. The van der Waals surface area contributed by atoms with Gasteiger partial charge in [-0.05, 0) is 37.5 Å². The number of rotatable bonds is 9. The number of Topliss-reactive ketones (excluding diaryl/α,β-unsaturated/α-hetero) is 1. The van der Waals surface area contributed by atoms with E-state index < -0.39 is 0 Å². The normalized spacial score (nSPS) is 15.9. The Morgan fingerprint density at radius 1 is 1.14 bits per heavy atom. The zero-order valence-corrected chi connectivity index (χ0v) is 17.2. The molecule has 3 rings (SSSR count). The summed E-state index contributed by atoms with van der Waals surface area (Å²) in [4.78, 5) is 27.2. The van der Waals surface area contributed by atoms with Crippen LogP contribution in [0.25, 0.3) is 0 Å². The van der Waals surface area contributed by atoms with E-state index in [0.717, 1.165) is 36.3 Å². The molecule has 1 atom stereocenters. The summed E-state index contributed by atoms with van der Waals surface area (Å²) in [6.45, 7) is 3.76. The number of ether oxygens (including phenoxy) is 2. The van der Waals surface area contributed by atoms with Crippen molar-refractivity contribution in [3.8, 4) is 5.75 Å². The summed E-state index contributed by atoms with van der Waals surface area (Å²) in [5, 5.41) is 0. The number of hydrogen-bond donors (Lipinski definition) is 0. The Hall–Kier alpha value is -2.66. The number of methoxy groups -OCH3 is 1. The van der Waals surface area contributed by atoms with Crippen molar-refractivity contribution in [3.63, 3.8) is 0 Å². The van der Waals surface area contributed by atoms with Gasteiger partial charge in [-0.1, -0.05) is 42.0 Å². The van der Waals surface area contributed by atoms with Gasteiger partial charge in [-0.25, -0.2) is 0 Å². The van der Waals surface area contributed by atoms with Crippen LogP contribution >= 0.6 is 0 Å². The first kappa shape index (κ1) is 21.1. The van der Waals surface area contributed by atoms with Crippen molar-refractivity contribution in [2.24, 2.45) is 0 Å². The lowest BCUT2D eigenvalue weighted by Gasteiger charge is -2.26. The molecule has 1 fully saturated rings. The third kappa shape index (κ3) is 6.16. The van der Waals surface area contributed by atoms with Crippen LogP contribution in [0.15, 0.2) is 48.5 Å². The van der Waals surface area contributed by atoms with Gasteiger partial charge in [0.2, 0.25) is 5.91 Å². The number of aryl methyl sites for hydroxylation is 1. The van der Waals surface area contributed by atoms with E-state index in [9.17, 15) is 9.59 Å². The summed E-state index contributed by atoms with van der Waals surface area (Å²) in [7, 11) is 1.63. The third-order valence-electron chi connectivity index (χ3n) is 5.25. The number of amides is 1. The molecular formula is C24H29NO4. The van der Waals surface area contributed by atoms with E-state index >= 15 is 0 Å². The van der Waals surface area contributed by atoms with Gasteiger partial charge in [-0.3, -0.25) is 9.59 Å². The molecule has 1 unspecified atom stereocenters. The minimum atomic E-state index is -0.0243. The number of hydrogen-bond acceptors (Lipinski definition) is 4. The maximum absolute atomic E-state index is 13.0. The van der Waals surface area contributed by atoms with E-state index in [0.29, 0.717) is 18.7 Å². The largest absolute Gasteiger partial charge is 0.497 e. The minimum Gasteiger partial charge on any atom is -0.497 e. The Labute approximate surface area is 172 Å². The van der Waals surface area contributed by atoms with Crippen molar-refractivity contribution >= 4 is 11.7 Å². The highest BCUT2D eigenvalue weighted by atomic mass is 16.5. The van der Waals surface area contributed by atoms with Gasteiger partial charge in [0.25, 0.3) is 0 Å². The Kier molecular flexibility index (Phi) is 7.42. The first-order chi connectivity index (χ1) is 14.0. The maximum Gasteiger partial charge on any atom is 0.223 e. The monoisotopic (exact) mass is 395 g/mol. The van der Waals surface area contributed by atoms with Crippen LogP contribution in [-0.2, 0) is 16.1 Å². The second-order valence-corrected chi connectivity index (χ2v) is 7.55. The van der Waals surface area contributed by atoms with Crippen LogP contribution in [0.1, 0.15) is 47.2 Å². The quantitative estimate of drug-likeness (QED) is 0.598. The van der Waals surface area contributed by atoms with Crippen LogP contribution in [0.3, 0.4) is 0 Å². The molecule has 0 aliphatic carbocycles. The molecular weight excluding hydrogens is 366 g/mol. The molecule has 2 aromatic carbocycles. The van der Waals surface area contributed by atoms with Crippen LogP contribution in [0.5, 0.6) is 5.75 Å². The van der Waals surface area contributed by atoms with Crippen molar-refractivity contribution in [2.45, 2.75) is 45.3 Å². The molecule has 154 valence electrons. The van der Waals surface area contributed by atoms with Gasteiger partial charge in [0.1, 0.15) is 5.75 Å². The summed E-state index contributed by atoms with van der Waals surface area (Å²) in [5.41, 5.74) is 2.76. The molecule has 5 nitrogen and oxygen atoms in total. The second kappa shape index (κ2) is 10.2. The molecule has 29 heavy (non-hydrogen) atoms. The fraction of sp³-hybridized carbons (Fsp3) is 0.417. The van der Waals surface area contributed by atoms with Gasteiger partial charge in [0.15, 0.2) is 5.78 Å². The lowest BCUT2D eigenvalue weighted by Crippen LogP contribution is -2.37. The first-order valence-corrected chi connectivity index (χ1v) is 10.2. The summed E-state index contributed by atoms with van der Waals surface area (Å²) in [6, 6.07) is 15.2. The van der Waals surface area contributed by atoms with Gasteiger partial charge in [-0.15, -0.1) is 0 Å². The highest BCUT2D eigenvalue weighted by molar-refractivity contribution is 5.98. The summed E-state index contributed by atoms with van der Waals surface area (Å²) >= 11 is 0. The smallest absolute Gasteiger partial charge is 0.223 e. The number of carbonyl (C=O) groups is 2. The fourth-order valence-corrected chi connectivity index (χ4v) is 3.54. The summed E-state index contributed by atoms with van der Waals surface area (Å²) in [6.07, 6.45) is 2.46. The van der Waals surface area contributed by atoms with Gasteiger partial charge in [0, 0.05) is 38.1 Å². The van der Waals surface area contributed by atoms with Crippen LogP contribution in [0, 0.1) is 6.92 Å². The highest BCUT2D eigenvalue weighted by Gasteiger charge is 2.23. The Balaban J connectivity index is 1.64. The van der Waals surface area contributed by atoms with Crippen molar-refractivity contribution in [2.75, 3.05) is 20.3 Å². The second-order valence-electron chi connectivity index (χ2n) is 7.55. The SMILES string of the molecule is COc1cccc(CN(CC2CCCO2)C(=O)CCC(=O)c2ccc(C)cc2)c1. The predicted octanol–water partition coefficient (Wildman–Crippen LogP) is 4.17. The minimum absolute atomic E-state index is 0.00297. The van der Waals surface area contributed by atoms with Crippen LogP contribution in [0.2, 0.25) is 0 Å². The maximum atomic E-state index is 13.0. The lowest BCUT2D eigenvalue weighted by molar-refractivity contribution is -0.133. The zero-order valence-electron chi connectivity index (χ0n) is 17.2. The summed E-state index contributed by atoms with van der Waals surface area (Å²) < 4.78 is 11.0. The molecule has 1 amide bonds. The first-order valence-electron chi connectivity index (χ1n) is 10.2. The molecule has 0 N–H and O–H groups in total. The average Bonchev–Trinajstić information content (AvgIpc) is 3.25. The van der Waals surface area contributed by atoms with Crippen molar-refractivity contribution in [1.29, 1.82) is 0 Å². The molecule has 1 aliphatic heterocycles. The van der Waals surface area contributed by atoms with E-state index in [2.05, 4.69) is 0 Å². The molecule has 1 saturated heterocycles. The molecule has 0 radical (unpaired) electrons. The standard InChI is InChI=1S/C24H29NO4/c1-18-8-10-20(11-9-18)23(26)12-13-24(27)25(17-22-7-4-14-29-22)16-19-5-3-6-21(15-19)28-2/h3,5-6,8-11,15,22H,4,7,12-14,16-17H2,1-2H3. The van der Waals surface area contributed by atoms with Crippen molar-refractivity contribution in [3.05, 3.63) is 65.2 Å². The molecule has 5 heteroatoms. The zero-order chi connectivity index (χ0) is 20.6. The number of benzene rings is 2. The van der Waals surface area contributed by atoms with E-state index in [1.54, 1.807) is 7.11 Å². The number of ketones is 1. The van der Waals surface area contributed by atoms with E-state index in [1.807, 2.05) is 60.4 Å². The van der Waals surface area contributed by atoms with Gasteiger partial charge in [0.05, 0.1) is 13.2 Å². The Morgan fingerprint density at radius 2 is 1.93 bits per heavy atom. The third-order valence-corrected chi connectivity index (χ3v) is 5.25. The van der Waals surface area contributed by atoms with Gasteiger partial charge in [-0.2, -0.15) is 0 Å². The van der Waals surface area contributed by atoms with E-state index in [4.69, 9.17) is 9.47 Å². The van der Waals surface area contributed by atoms with Crippen LogP contribution < -0.4 is 4.74 Å². The molecule has 0 bridgehead atoms. The lowest BCUT2D eigenvalue weighted by atomic mass is 10.0. The molecule has 0 saturated carbocycles.